The molecular weight excluding hydrogens is 719 g/mol. The Morgan fingerprint density at radius 2 is 0.828 bits per heavy atom. The summed E-state index contributed by atoms with van der Waals surface area (Å²) in [5, 5.41) is 7.63. The minimum Gasteiger partial charge on any atom is -0.310 e. The molecule has 0 aliphatic carbocycles. The lowest BCUT2D eigenvalue weighted by Crippen LogP contribution is -2.11. The molecule has 0 spiro atoms. The zero-order valence-corrected chi connectivity index (χ0v) is 32.5. The fourth-order valence-corrected chi connectivity index (χ4v) is 9.77. The Kier molecular flexibility index (Phi) is 8.42. The van der Waals surface area contributed by atoms with E-state index in [-0.39, 0.29) is 0 Å². The van der Waals surface area contributed by atoms with Crippen LogP contribution >= 0.6 is 11.3 Å². The number of rotatable bonds is 7. The predicted molar refractivity (Wildman–Crippen MR) is 251 cm³/mol. The van der Waals surface area contributed by atoms with Gasteiger partial charge < -0.3 is 4.90 Å². The highest BCUT2D eigenvalue weighted by Crippen LogP contribution is 2.46. The fourth-order valence-electron chi connectivity index (χ4n) is 8.64. The summed E-state index contributed by atoms with van der Waals surface area (Å²) in [6.45, 7) is 0. The lowest BCUT2D eigenvalue weighted by Gasteiger charge is -2.28. The van der Waals surface area contributed by atoms with Gasteiger partial charge in [-0.1, -0.05) is 170 Å². The number of thiophene rings is 1. The van der Waals surface area contributed by atoms with Crippen molar-refractivity contribution in [2.75, 3.05) is 4.90 Å². The molecule has 10 aromatic carbocycles. The van der Waals surface area contributed by atoms with Crippen LogP contribution in [0.3, 0.4) is 0 Å². The van der Waals surface area contributed by atoms with E-state index in [2.05, 4.69) is 229 Å². The van der Waals surface area contributed by atoms with Crippen LogP contribution in [0.5, 0.6) is 0 Å². The van der Waals surface area contributed by atoms with Crippen LogP contribution in [-0.2, 0) is 0 Å². The first-order valence-corrected chi connectivity index (χ1v) is 20.6. The quantitative estimate of drug-likeness (QED) is 0.157. The molecule has 1 aromatic heterocycles. The van der Waals surface area contributed by atoms with Crippen LogP contribution in [-0.4, -0.2) is 0 Å². The van der Waals surface area contributed by atoms with Crippen molar-refractivity contribution in [2.45, 2.75) is 0 Å². The molecule has 0 fully saturated rings. The maximum atomic E-state index is 2.42. The van der Waals surface area contributed by atoms with E-state index in [1.54, 1.807) is 0 Å². The molecule has 0 bridgehead atoms. The lowest BCUT2D eigenvalue weighted by molar-refractivity contribution is 1.28. The first kappa shape index (κ1) is 34.0. The van der Waals surface area contributed by atoms with Crippen LogP contribution in [0.25, 0.3) is 86.2 Å². The van der Waals surface area contributed by atoms with Gasteiger partial charge in [-0.25, -0.2) is 0 Å². The van der Waals surface area contributed by atoms with Crippen LogP contribution < -0.4 is 4.90 Å². The average Bonchev–Trinajstić information content (AvgIpc) is 3.69. The maximum Gasteiger partial charge on any atom is 0.0540 e. The van der Waals surface area contributed by atoms with Gasteiger partial charge in [0.25, 0.3) is 0 Å². The van der Waals surface area contributed by atoms with Gasteiger partial charge in [-0.15, -0.1) is 11.3 Å². The highest BCUT2D eigenvalue weighted by atomic mass is 32.1. The Bertz CT molecular complexity index is 3280. The van der Waals surface area contributed by atoms with Gasteiger partial charge in [0, 0.05) is 37.1 Å². The smallest absolute Gasteiger partial charge is 0.0540 e. The highest BCUT2D eigenvalue weighted by molar-refractivity contribution is 7.25. The lowest BCUT2D eigenvalue weighted by atomic mass is 9.95. The molecule has 0 saturated carbocycles. The normalized spacial score (nSPS) is 11.4. The molecule has 0 saturated heterocycles. The second-order valence-electron chi connectivity index (χ2n) is 14.9. The topological polar surface area (TPSA) is 3.24 Å². The van der Waals surface area contributed by atoms with E-state index in [1.165, 1.54) is 86.2 Å². The first-order chi connectivity index (χ1) is 28.7. The standard InChI is InChI=1S/C56H37NS/c1-2-14-42-37-45(27-26-38(42)12-1)44-17-9-16-43(36-44)39-28-32-46(33-29-39)57(47-34-30-41(31-35-47)49-21-10-15-40-13-3-4-18-48(40)49)53-23-7-5-19-50(53)51-22-11-25-55-56(51)52-20-6-8-24-54(52)58-55/h1-37H. The summed E-state index contributed by atoms with van der Waals surface area (Å²) in [5.74, 6) is 0. The summed E-state index contributed by atoms with van der Waals surface area (Å²) in [6.07, 6.45) is 0. The molecule has 0 amide bonds. The van der Waals surface area contributed by atoms with Crippen molar-refractivity contribution in [1.29, 1.82) is 0 Å². The third-order valence-corrected chi connectivity index (χ3v) is 12.6. The van der Waals surface area contributed by atoms with Crippen molar-refractivity contribution >= 4 is 70.1 Å². The van der Waals surface area contributed by atoms with Gasteiger partial charge >= 0.3 is 0 Å². The summed E-state index contributed by atoms with van der Waals surface area (Å²) in [5.41, 5.74) is 13.0. The minimum atomic E-state index is 1.10. The van der Waals surface area contributed by atoms with Crippen molar-refractivity contribution < 1.29 is 0 Å². The van der Waals surface area contributed by atoms with Gasteiger partial charge in [0.2, 0.25) is 0 Å². The molecule has 0 aliphatic rings. The van der Waals surface area contributed by atoms with E-state index in [4.69, 9.17) is 0 Å². The van der Waals surface area contributed by atoms with Gasteiger partial charge in [-0.05, 0) is 115 Å². The summed E-state index contributed by atoms with van der Waals surface area (Å²) in [7, 11) is 0. The van der Waals surface area contributed by atoms with Crippen molar-refractivity contribution in [1.82, 2.24) is 0 Å². The number of benzene rings is 10. The fraction of sp³-hybridized carbons (Fsp3) is 0. The molecule has 2 heteroatoms. The number of fused-ring (bicyclic) bond motifs is 5. The molecule has 0 aliphatic heterocycles. The first-order valence-electron chi connectivity index (χ1n) is 19.8. The Morgan fingerprint density at radius 1 is 0.293 bits per heavy atom. The van der Waals surface area contributed by atoms with Crippen LogP contribution in [0, 0.1) is 0 Å². The monoisotopic (exact) mass is 755 g/mol. The largest absolute Gasteiger partial charge is 0.310 e. The number of anilines is 3. The Hall–Kier alpha value is -7.26. The summed E-state index contributed by atoms with van der Waals surface area (Å²) in [6, 6.07) is 82.0. The van der Waals surface area contributed by atoms with E-state index < -0.39 is 0 Å². The molecule has 11 rings (SSSR count). The molecule has 1 nitrogen and oxygen atoms in total. The van der Waals surface area contributed by atoms with Gasteiger partial charge in [0.05, 0.1) is 5.69 Å². The van der Waals surface area contributed by atoms with E-state index >= 15 is 0 Å². The van der Waals surface area contributed by atoms with Crippen molar-refractivity contribution in [3.63, 3.8) is 0 Å². The predicted octanol–water partition coefficient (Wildman–Crippen LogP) is 16.5. The van der Waals surface area contributed by atoms with E-state index in [0.717, 1.165) is 17.1 Å². The average molecular weight is 756 g/mol. The SMILES string of the molecule is c1cc(-c2ccc(N(c3ccc(-c4cccc5ccccc45)cc3)c3ccccc3-c3cccc4sc5ccccc5c34)cc2)cc(-c2ccc3ccccc3c2)c1. The third-order valence-electron chi connectivity index (χ3n) is 11.5. The number of hydrogen-bond acceptors (Lipinski definition) is 2. The van der Waals surface area contributed by atoms with Crippen LogP contribution in [0.1, 0.15) is 0 Å². The van der Waals surface area contributed by atoms with Crippen molar-refractivity contribution in [3.8, 4) is 44.5 Å². The molecule has 11 aromatic rings. The molecule has 0 atom stereocenters. The Balaban J connectivity index is 1.03. The zero-order valence-electron chi connectivity index (χ0n) is 31.7. The zero-order chi connectivity index (χ0) is 38.4. The Morgan fingerprint density at radius 3 is 1.66 bits per heavy atom. The molecule has 0 N–H and O–H groups in total. The minimum absolute atomic E-state index is 1.10. The van der Waals surface area contributed by atoms with Gasteiger partial charge in [-0.2, -0.15) is 0 Å². The number of hydrogen-bond donors (Lipinski definition) is 0. The van der Waals surface area contributed by atoms with E-state index in [9.17, 15) is 0 Å². The maximum absolute atomic E-state index is 2.42. The van der Waals surface area contributed by atoms with Gasteiger partial charge in [-0.3, -0.25) is 0 Å². The van der Waals surface area contributed by atoms with Gasteiger partial charge in [0.1, 0.15) is 0 Å². The van der Waals surface area contributed by atoms with Crippen LogP contribution in [0.4, 0.5) is 17.1 Å². The summed E-state index contributed by atoms with van der Waals surface area (Å²) < 4.78 is 2.61. The van der Waals surface area contributed by atoms with E-state index in [0.29, 0.717) is 0 Å². The van der Waals surface area contributed by atoms with Crippen LogP contribution in [0.2, 0.25) is 0 Å². The van der Waals surface area contributed by atoms with Crippen molar-refractivity contribution in [2.24, 2.45) is 0 Å². The molecule has 58 heavy (non-hydrogen) atoms. The summed E-state index contributed by atoms with van der Waals surface area (Å²) in [4.78, 5) is 2.42. The molecular formula is C56H37NS. The molecule has 1 heterocycles. The summed E-state index contributed by atoms with van der Waals surface area (Å²) >= 11 is 1.86. The van der Waals surface area contributed by atoms with E-state index in [1.807, 2.05) is 11.3 Å². The highest BCUT2D eigenvalue weighted by Gasteiger charge is 2.20. The molecule has 272 valence electrons. The van der Waals surface area contributed by atoms with Crippen LogP contribution in [0.15, 0.2) is 224 Å². The second-order valence-corrected chi connectivity index (χ2v) is 16.0. The second kappa shape index (κ2) is 14.4. The molecule has 0 unspecified atom stereocenters. The van der Waals surface area contributed by atoms with Crippen molar-refractivity contribution in [3.05, 3.63) is 224 Å². The third kappa shape index (κ3) is 6.03. The number of nitrogens with zero attached hydrogens (tertiary/aromatic N) is 1. The van der Waals surface area contributed by atoms with Gasteiger partial charge in [0.15, 0.2) is 0 Å². The number of para-hydroxylation sites is 1. The Labute approximate surface area is 342 Å². The molecule has 0 radical (unpaired) electrons.